The van der Waals surface area contributed by atoms with Gasteiger partial charge in [-0.05, 0) is 28.3 Å². The van der Waals surface area contributed by atoms with Gasteiger partial charge in [-0.1, -0.05) is 68.3 Å². The molecule has 2 rings (SSSR count). The Morgan fingerprint density at radius 2 is 1.54 bits per heavy atom. The summed E-state index contributed by atoms with van der Waals surface area (Å²) in [7, 11) is 0. The second-order valence-corrected chi connectivity index (χ2v) is 5.88. The van der Waals surface area contributed by atoms with E-state index in [0.717, 1.165) is 16.7 Å². The van der Waals surface area contributed by atoms with Crippen LogP contribution < -0.4 is 4.74 Å². The Bertz CT molecular complexity index is 980. The van der Waals surface area contributed by atoms with Crippen LogP contribution in [0.25, 0.3) is 23.8 Å². The summed E-state index contributed by atoms with van der Waals surface area (Å²) in [5.41, 5.74) is 4.21. The summed E-state index contributed by atoms with van der Waals surface area (Å²) in [6, 6.07) is 11.0. The van der Waals surface area contributed by atoms with Crippen molar-refractivity contribution in [3.8, 4) is 5.75 Å². The van der Waals surface area contributed by atoms with Gasteiger partial charge in [0.2, 0.25) is 0 Å². The maximum atomic E-state index is 11.7. The van der Waals surface area contributed by atoms with E-state index in [1.54, 1.807) is 30.4 Å². The number of hydrogen-bond donors (Lipinski definition) is 0. The van der Waals surface area contributed by atoms with Crippen molar-refractivity contribution in [3.05, 3.63) is 90.2 Å². The Morgan fingerprint density at radius 1 is 0.857 bits per heavy atom. The van der Waals surface area contributed by atoms with Crippen molar-refractivity contribution >= 4 is 35.7 Å². The van der Waals surface area contributed by atoms with Gasteiger partial charge in [0.15, 0.2) is 0 Å². The Kier molecular flexibility index (Phi) is 6.88. The third-order valence-corrected chi connectivity index (χ3v) is 4.00. The van der Waals surface area contributed by atoms with Crippen LogP contribution in [0.1, 0.15) is 41.7 Å². The predicted octanol–water partition coefficient (Wildman–Crippen LogP) is 5.49. The summed E-state index contributed by atoms with van der Waals surface area (Å²) in [4.78, 5) is 23.2. The monoisotopic (exact) mass is 374 g/mol. The molecule has 0 atom stereocenters. The first-order valence-corrected chi connectivity index (χ1v) is 8.62. The zero-order valence-corrected chi connectivity index (χ0v) is 16.0. The molecule has 0 N–H and O–H groups in total. The lowest BCUT2D eigenvalue weighted by atomic mass is 9.88. The van der Waals surface area contributed by atoms with E-state index in [9.17, 15) is 9.59 Å². The van der Waals surface area contributed by atoms with Gasteiger partial charge in [0, 0.05) is 25.0 Å². The van der Waals surface area contributed by atoms with Gasteiger partial charge >= 0.3 is 11.9 Å². The fourth-order valence-corrected chi connectivity index (χ4v) is 2.85. The highest BCUT2D eigenvalue weighted by Gasteiger charge is 2.20. The van der Waals surface area contributed by atoms with E-state index in [-0.39, 0.29) is 0 Å². The van der Waals surface area contributed by atoms with Crippen LogP contribution in [-0.4, -0.2) is 11.9 Å². The van der Waals surface area contributed by atoms with Crippen molar-refractivity contribution in [3.63, 3.8) is 0 Å². The number of ether oxygens (including phenoxy) is 2. The van der Waals surface area contributed by atoms with Gasteiger partial charge in [-0.3, -0.25) is 9.59 Å². The molecule has 2 aromatic rings. The normalized spacial score (nSPS) is 10.7. The second kappa shape index (κ2) is 9.33. The minimum Gasteiger partial charge on any atom is -0.434 e. The van der Waals surface area contributed by atoms with Crippen LogP contribution in [0.4, 0.5) is 0 Å². The largest absolute Gasteiger partial charge is 0.434 e. The van der Waals surface area contributed by atoms with Crippen molar-refractivity contribution < 1.29 is 19.1 Å². The van der Waals surface area contributed by atoms with Crippen LogP contribution in [0.3, 0.4) is 0 Å². The number of benzene rings is 2. The smallest absolute Gasteiger partial charge is 0.308 e. The summed E-state index contributed by atoms with van der Waals surface area (Å²) >= 11 is 0. The first-order chi connectivity index (χ1) is 13.4. The van der Waals surface area contributed by atoms with Gasteiger partial charge in [-0.25, -0.2) is 0 Å². The summed E-state index contributed by atoms with van der Waals surface area (Å²) in [5, 5.41) is 0. The van der Waals surface area contributed by atoms with Gasteiger partial charge < -0.3 is 9.47 Å². The lowest BCUT2D eigenvalue weighted by Gasteiger charge is -2.19. The van der Waals surface area contributed by atoms with Crippen molar-refractivity contribution in [2.75, 3.05) is 0 Å². The van der Waals surface area contributed by atoms with Gasteiger partial charge in [0.1, 0.15) is 12.0 Å². The second-order valence-electron chi connectivity index (χ2n) is 5.88. The highest BCUT2D eigenvalue weighted by atomic mass is 16.5. The minimum absolute atomic E-state index is 0.324. The van der Waals surface area contributed by atoms with Gasteiger partial charge in [-0.2, -0.15) is 0 Å². The summed E-state index contributed by atoms with van der Waals surface area (Å²) in [6.45, 7) is 14.2. The highest BCUT2D eigenvalue weighted by molar-refractivity contribution is 5.93. The molecule has 28 heavy (non-hydrogen) atoms. The zero-order valence-electron chi connectivity index (χ0n) is 16.0. The Balaban J connectivity index is 2.92. The summed E-state index contributed by atoms with van der Waals surface area (Å²) < 4.78 is 10.7. The van der Waals surface area contributed by atoms with Crippen LogP contribution in [0, 0.1) is 0 Å². The van der Waals surface area contributed by atoms with E-state index in [2.05, 4.69) is 19.7 Å². The molecule has 0 aliphatic carbocycles. The molecule has 0 spiro atoms. The minimum atomic E-state index is -0.470. The van der Waals surface area contributed by atoms with Crippen molar-refractivity contribution in [2.24, 2.45) is 0 Å². The number of carbonyl (C=O) groups excluding carboxylic acids is 2. The first-order valence-electron chi connectivity index (χ1n) is 8.62. The van der Waals surface area contributed by atoms with E-state index >= 15 is 0 Å². The average molecular weight is 374 g/mol. The first kappa shape index (κ1) is 20.6. The van der Waals surface area contributed by atoms with Crippen LogP contribution in [0.5, 0.6) is 5.75 Å². The quantitative estimate of drug-likeness (QED) is 0.365. The average Bonchev–Trinajstić information content (AvgIpc) is 2.68. The number of esters is 2. The standard InChI is InChI=1S/C24H22O4/c1-6-18-11-9-10-12-21(18)22(15-27-16(4)25)24-20(8-3)19(7-2)13-14-23(24)28-17(5)26/h6-15H,1-3H2,4-5H3/b22-15-. The number of hydrogen-bond acceptors (Lipinski definition) is 4. The van der Waals surface area contributed by atoms with Crippen molar-refractivity contribution in [1.82, 2.24) is 0 Å². The zero-order chi connectivity index (χ0) is 20.7. The molecule has 0 bridgehead atoms. The lowest BCUT2D eigenvalue weighted by Crippen LogP contribution is -2.07. The number of rotatable bonds is 7. The van der Waals surface area contributed by atoms with Crippen LogP contribution >= 0.6 is 0 Å². The molecule has 0 fully saturated rings. The molecule has 0 aliphatic rings. The fraction of sp³-hybridized carbons (Fsp3) is 0.0833. The van der Waals surface area contributed by atoms with E-state index in [0.29, 0.717) is 22.4 Å². The molecular weight excluding hydrogens is 352 g/mol. The molecule has 0 amide bonds. The van der Waals surface area contributed by atoms with E-state index in [4.69, 9.17) is 9.47 Å². The van der Waals surface area contributed by atoms with Crippen LogP contribution in [0.2, 0.25) is 0 Å². The van der Waals surface area contributed by atoms with Crippen LogP contribution in [0.15, 0.2) is 62.4 Å². The topological polar surface area (TPSA) is 52.6 Å². The van der Waals surface area contributed by atoms with E-state index < -0.39 is 11.9 Å². The summed E-state index contributed by atoms with van der Waals surface area (Å²) in [6.07, 6.45) is 6.39. The molecule has 2 aromatic carbocycles. The molecular formula is C24H22O4. The number of carbonyl (C=O) groups is 2. The molecule has 142 valence electrons. The summed E-state index contributed by atoms with van der Waals surface area (Å²) in [5.74, 6) is -0.612. The predicted molar refractivity (Wildman–Crippen MR) is 113 cm³/mol. The van der Waals surface area contributed by atoms with Crippen molar-refractivity contribution in [2.45, 2.75) is 13.8 Å². The maximum Gasteiger partial charge on any atom is 0.308 e. The maximum absolute atomic E-state index is 11.7. The Labute approximate surface area is 165 Å². The van der Waals surface area contributed by atoms with Crippen molar-refractivity contribution in [1.29, 1.82) is 0 Å². The third-order valence-electron chi connectivity index (χ3n) is 4.00. The lowest BCUT2D eigenvalue weighted by molar-refractivity contribution is -0.135. The SMILES string of the molecule is C=Cc1ccccc1/C(=C/OC(C)=O)c1c(OC(C)=O)ccc(C=C)c1C=C. The fourth-order valence-electron chi connectivity index (χ4n) is 2.85. The van der Waals surface area contributed by atoms with Crippen LogP contribution in [-0.2, 0) is 14.3 Å². The van der Waals surface area contributed by atoms with Gasteiger partial charge in [0.05, 0.1) is 0 Å². The molecule has 0 heterocycles. The third kappa shape index (κ3) is 4.54. The van der Waals surface area contributed by atoms with Gasteiger partial charge in [-0.15, -0.1) is 0 Å². The van der Waals surface area contributed by atoms with Gasteiger partial charge in [0.25, 0.3) is 0 Å². The molecule has 0 saturated heterocycles. The van der Waals surface area contributed by atoms with E-state index in [1.165, 1.54) is 20.1 Å². The highest BCUT2D eigenvalue weighted by Crippen LogP contribution is 2.38. The molecule has 0 aliphatic heterocycles. The molecule has 4 nitrogen and oxygen atoms in total. The van der Waals surface area contributed by atoms with E-state index in [1.807, 2.05) is 24.3 Å². The Morgan fingerprint density at radius 3 is 2.11 bits per heavy atom. The molecule has 0 saturated carbocycles. The molecule has 0 radical (unpaired) electrons. The molecule has 4 heteroatoms. The molecule has 0 unspecified atom stereocenters. The Hall–Kier alpha value is -3.66. The molecule has 0 aromatic heterocycles.